The zero-order valence-corrected chi connectivity index (χ0v) is 16.3. The molecule has 0 heterocycles. The van der Waals surface area contributed by atoms with Crippen molar-refractivity contribution in [3.8, 4) is 6.07 Å². The molecule has 0 aliphatic rings. The van der Waals surface area contributed by atoms with Crippen LogP contribution in [0.3, 0.4) is 0 Å². The first-order valence-corrected chi connectivity index (χ1v) is 11.3. The molecule has 0 unspecified atom stereocenters. The smallest absolute Gasteiger partial charge is 0.214 e. The third-order valence-corrected chi connectivity index (χ3v) is 9.35. The highest BCUT2D eigenvalue weighted by molar-refractivity contribution is 8.04. The summed E-state index contributed by atoms with van der Waals surface area (Å²) in [6.45, 7) is 0. The van der Waals surface area contributed by atoms with Crippen molar-refractivity contribution in [3.05, 3.63) is 101 Å². The van der Waals surface area contributed by atoms with Crippen molar-refractivity contribution in [2.75, 3.05) is 6.26 Å². The van der Waals surface area contributed by atoms with E-state index < -0.39 is 7.26 Å². The van der Waals surface area contributed by atoms with Crippen LogP contribution in [0.25, 0.3) is 0 Å². The lowest BCUT2D eigenvalue weighted by Crippen LogP contribution is -2.33. The molecule has 0 aromatic heterocycles. The van der Waals surface area contributed by atoms with Crippen molar-refractivity contribution >= 4 is 34.9 Å². The molecule has 0 aliphatic carbocycles. The van der Waals surface area contributed by atoms with Gasteiger partial charge in [-0.05, 0) is 42.7 Å². The Balaban J connectivity index is 2.50. The van der Waals surface area contributed by atoms with E-state index in [0.29, 0.717) is 10.3 Å². The summed E-state index contributed by atoms with van der Waals surface area (Å²) in [6.07, 6.45) is 1.92. The molecule has 2 nitrogen and oxygen atoms in total. The van der Waals surface area contributed by atoms with E-state index in [-0.39, 0.29) is 0 Å². The van der Waals surface area contributed by atoms with Crippen molar-refractivity contribution in [2.45, 2.75) is 0 Å². The highest BCUT2D eigenvalue weighted by atomic mass is 32.2. The molecule has 0 amide bonds. The Morgan fingerprint density at radius 2 is 1.12 bits per heavy atom. The van der Waals surface area contributed by atoms with Gasteiger partial charge in [-0.3, -0.25) is 0 Å². The molecule has 0 saturated heterocycles. The molecule has 0 saturated carbocycles. The van der Waals surface area contributed by atoms with Gasteiger partial charge in [0.1, 0.15) is 27.0 Å². The molecule has 0 radical (unpaired) electrons. The number of nitrogens with two attached hydrogens (primary N) is 1. The van der Waals surface area contributed by atoms with Crippen LogP contribution in [0, 0.1) is 11.3 Å². The van der Waals surface area contributed by atoms with Crippen molar-refractivity contribution in [1.29, 1.82) is 5.26 Å². The maximum atomic E-state index is 10.2. The lowest BCUT2D eigenvalue weighted by atomic mass is 10.4. The topological polar surface area (TPSA) is 49.8 Å². The molecule has 0 fully saturated rings. The molecule has 0 aliphatic heterocycles. The number of hydrogen-bond donors (Lipinski definition) is 1. The number of allylic oxidation sites excluding steroid dienone is 1. The summed E-state index contributed by atoms with van der Waals surface area (Å²) in [5, 5.41) is 14.8. The predicted molar refractivity (Wildman–Crippen MR) is 115 cm³/mol. The van der Waals surface area contributed by atoms with E-state index in [2.05, 4.69) is 42.5 Å². The Morgan fingerprint density at radius 3 is 1.38 bits per heavy atom. The Labute approximate surface area is 159 Å². The van der Waals surface area contributed by atoms with Crippen molar-refractivity contribution in [2.24, 2.45) is 5.73 Å². The van der Waals surface area contributed by atoms with E-state index in [1.807, 2.05) is 60.9 Å². The monoisotopic (exact) mass is 375 g/mol. The molecule has 3 aromatic rings. The van der Waals surface area contributed by atoms with Gasteiger partial charge in [-0.1, -0.05) is 54.6 Å². The van der Waals surface area contributed by atoms with Crippen molar-refractivity contribution < 1.29 is 0 Å². The fourth-order valence-electron chi connectivity index (χ4n) is 3.18. The van der Waals surface area contributed by atoms with Gasteiger partial charge in [0.05, 0.1) is 0 Å². The molecular weight excluding hydrogens is 355 g/mol. The quantitative estimate of drug-likeness (QED) is 0.542. The third-order valence-electron chi connectivity index (χ3n) is 4.33. The van der Waals surface area contributed by atoms with Gasteiger partial charge in [-0.15, -0.1) is 11.8 Å². The lowest BCUT2D eigenvalue weighted by Gasteiger charge is -2.27. The Hall–Kier alpha value is -2.53. The Kier molecular flexibility index (Phi) is 5.78. The summed E-state index contributed by atoms with van der Waals surface area (Å²) >= 11 is 1.43. The largest absolute Gasteiger partial charge is 0.390 e. The first-order valence-electron chi connectivity index (χ1n) is 8.25. The van der Waals surface area contributed by atoms with Crippen LogP contribution in [-0.2, 0) is 0 Å². The minimum absolute atomic E-state index is 0.581. The van der Waals surface area contributed by atoms with Gasteiger partial charge in [0, 0.05) is 0 Å². The van der Waals surface area contributed by atoms with Crippen molar-refractivity contribution in [1.82, 2.24) is 0 Å². The van der Waals surface area contributed by atoms with Crippen LogP contribution in [0.1, 0.15) is 0 Å². The summed E-state index contributed by atoms with van der Waals surface area (Å²) in [5.41, 5.74) is 6.37. The van der Waals surface area contributed by atoms with E-state index in [9.17, 15) is 5.26 Å². The zero-order chi connectivity index (χ0) is 18.4. The maximum Gasteiger partial charge on any atom is 0.214 e. The molecule has 128 valence electrons. The standard InChI is InChI=1S/C22H20N2PS/c1-26-22(24)21(17-23)25(18-11-5-2-6-12-18,19-13-7-3-8-14-19)20-15-9-4-10-16-20/h2-16H,24H2,1H3/q+1. The summed E-state index contributed by atoms with van der Waals surface area (Å²) in [5.74, 6) is 0. The van der Waals surface area contributed by atoms with Crippen molar-refractivity contribution in [3.63, 3.8) is 0 Å². The lowest BCUT2D eigenvalue weighted by molar-refractivity contribution is 1.47. The van der Waals surface area contributed by atoms with Crippen LogP contribution in [0.5, 0.6) is 0 Å². The molecule has 0 atom stereocenters. The number of hydrogen-bond acceptors (Lipinski definition) is 3. The van der Waals surface area contributed by atoms with E-state index in [1.54, 1.807) is 0 Å². The fraction of sp³-hybridized carbons (Fsp3) is 0.0455. The summed E-state index contributed by atoms with van der Waals surface area (Å²) in [6, 6.07) is 33.3. The average molecular weight is 375 g/mol. The van der Waals surface area contributed by atoms with E-state index in [0.717, 1.165) is 15.9 Å². The highest BCUT2D eigenvalue weighted by Crippen LogP contribution is 2.63. The number of nitrogens with zero attached hydrogens (tertiary/aromatic N) is 1. The number of benzene rings is 3. The van der Waals surface area contributed by atoms with Crippen LogP contribution < -0.4 is 21.6 Å². The SMILES string of the molecule is CSC(N)=C(C#N)[P+](c1ccccc1)(c1ccccc1)c1ccccc1. The minimum Gasteiger partial charge on any atom is -0.390 e. The molecule has 2 N–H and O–H groups in total. The van der Waals surface area contributed by atoms with Crippen LogP contribution in [0.4, 0.5) is 0 Å². The number of nitriles is 1. The molecular formula is C22H20N2PS+. The van der Waals surface area contributed by atoms with Gasteiger partial charge in [-0.25, -0.2) is 0 Å². The van der Waals surface area contributed by atoms with Crippen LogP contribution in [-0.4, -0.2) is 6.26 Å². The molecule has 26 heavy (non-hydrogen) atoms. The highest BCUT2D eigenvalue weighted by Gasteiger charge is 2.51. The average Bonchev–Trinajstić information content (AvgIpc) is 2.73. The molecule has 3 rings (SSSR count). The summed E-state index contributed by atoms with van der Waals surface area (Å²) in [4.78, 5) is 0. The van der Waals surface area contributed by atoms with E-state index in [1.165, 1.54) is 11.8 Å². The minimum atomic E-state index is -2.36. The second-order valence-corrected chi connectivity index (χ2v) is 9.89. The van der Waals surface area contributed by atoms with Gasteiger partial charge < -0.3 is 5.73 Å². The maximum absolute atomic E-state index is 10.2. The van der Waals surface area contributed by atoms with Crippen LogP contribution in [0.15, 0.2) is 101 Å². The predicted octanol–water partition coefficient (Wildman–Crippen LogP) is 3.99. The second kappa shape index (κ2) is 8.23. The van der Waals surface area contributed by atoms with E-state index >= 15 is 0 Å². The van der Waals surface area contributed by atoms with Gasteiger partial charge in [-0.2, -0.15) is 5.26 Å². The van der Waals surface area contributed by atoms with Gasteiger partial charge in [0.15, 0.2) is 7.26 Å². The Bertz CT molecular complexity index is 835. The van der Waals surface area contributed by atoms with Gasteiger partial charge in [0.2, 0.25) is 5.31 Å². The second-order valence-electron chi connectivity index (χ2n) is 5.71. The summed E-state index contributed by atoms with van der Waals surface area (Å²) in [7, 11) is -2.36. The number of thioether (sulfide) groups is 1. The molecule has 0 bridgehead atoms. The normalized spacial score (nSPS) is 12.2. The first-order chi connectivity index (χ1) is 12.7. The third kappa shape index (κ3) is 3.15. The van der Waals surface area contributed by atoms with Gasteiger partial charge >= 0.3 is 0 Å². The fourth-order valence-corrected chi connectivity index (χ4v) is 8.11. The van der Waals surface area contributed by atoms with Crippen LogP contribution in [0.2, 0.25) is 0 Å². The van der Waals surface area contributed by atoms with Crippen LogP contribution >= 0.6 is 19.0 Å². The zero-order valence-electron chi connectivity index (χ0n) is 14.5. The van der Waals surface area contributed by atoms with Gasteiger partial charge in [0.25, 0.3) is 0 Å². The van der Waals surface area contributed by atoms with E-state index in [4.69, 9.17) is 5.73 Å². The molecule has 0 spiro atoms. The molecule has 4 heteroatoms. The first kappa shape index (κ1) is 18.3. The Morgan fingerprint density at radius 1 is 0.769 bits per heavy atom. The number of rotatable bonds is 5. The molecule has 3 aromatic carbocycles. The summed E-state index contributed by atoms with van der Waals surface area (Å²) < 4.78 is 0.